The number of phenols is 1. The summed E-state index contributed by atoms with van der Waals surface area (Å²) in [6.07, 6.45) is 6.59. The van der Waals surface area contributed by atoms with Crippen molar-refractivity contribution < 1.29 is 23.4 Å². The second-order valence-corrected chi connectivity index (χ2v) is 12.1. The number of phenolic OH excluding ortho intramolecular Hbond substituents is 1. The summed E-state index contributed by atoms with van der Waals surface area (Å²) in [5.74, 6) is -2.15. The van der Waals surface area contributed by atoms with E-state index in [-0.39, 0.29) is 54.7 Å². The van der Waals surface area contributed by atoms with E-state index in [4.69, 9.17) is 4.74 Å². The van der Waals surface area contributed by atoms with Gasteiger partial charge in [-0.3, -0.25) is 4.79 Å². The van der Waals surface area contributed by atoms with Crippen LogP contribution in [0.1, 0.15) is 25.1 Å². The van der Waals surface area contributed by atoms with Crippen LogP contribution in [0.4, 0.5) is 14.6 Å². The first-order chi connectivity index (χ1) is 24.3. The number of halogens is 2. The molecule has 1 atom stereocenters. The van der Waals surface area contributed by atoms with Crippen molar-refractivity contribution in [3.05, 3.63) is 84.5 Å². The van der Waals surface area contributed by atoms with Gasteiger partial charge in [-0.05, 0) is 73.6 Å². The Balaban J connectivity index is 0.000000652. The average Bonchev–Trinajstić information content (AvgIpc) is 3.62. The predicted molar refractivity (Wildman–Crippen MR) is 186 cm³/mol. The molecule has 0 bridgehead atoms. The lowest BCUT2D eigenvalue weighted by Crippen LogP contribution is -2.55. The van der Waals surface area contributed by atoms with E-state index in [1.54, 1.807) is 24.3 Å². The Morgan fingerprint density at radius 2 is 1.78 bits per heavy atom. The smallest absolute Gasteiger partial charge is 0.318 e. The van der Waals surface area contributed by atoms with Crippen LogP contribution < -0.4 is 9.64 Å². The van der Waals surface area contributed by atoms with Crippen LogP contribution in [-0.4, -0.2) is 93.7 Å². The normalized spacial score (nSPS) is 16.6. The first kappa shape index (κ1) is 34.1. The van der Waals surface area contributed by atoms with Gasteiger partial charge in [0, 0.05) is 49.1 Å². The van der Waals surface area contributed by atoms with Crippen molar-refractivity contribution in [2.45, 2.75) is 25.3 Å². The standard InChI is InChI=1S/C32H25F2N7O3.C5H11N/c1-44-32-38-29-24(8-7-23(28(29)34)25-16-21(42)15-19-5-2-3-6-22(19)25)30(39-32)40-13-14-41(20(18-40)9-10-35)31(43)26(33)17-27-36-11-4-12-37-27;1-6-4-2-3-5-6/h2-8,11-12,15-17,20,42H,9,13-14,18H2,1H3;2-5H2,1H3/b26-17-;. The van der Waals surface area contributed by atoms with Gasteiger partial charge in [0.2, 0.25) is 0 Å². The third-order valence-corrected chi connectivity index (χ3v) is 8.83. The Bertz CT molecular complexity index is 2080. The molecule has 256 valence electrons. The lowest BCUT2D eigenvalue weighted by Gasteiger charge is -2.41. The minimum atomic E-state index is -1.05. The average molecular weight is 679 g/mol. The summed E-state index contributed by atoms with van der Waals surface area (Å²) in [7, 11) is 3.54. The Kier molecular flexibility index (Phi) is 10.4. The molecule has 0 spiro atoms. The van der Waals surface area contributed by atoms with Gasteiger partial charge < -0.3 is 24.5 Å². The number of carbonyl (C=O) groups is 1. The number of aromatic hydroxyl groups is 1. The number of carbonyl (C=O) groups excluding carboxylic acids is 1. The molecule has 0 radical (unpaired) electrons. The summed E-state index contributed by atoms with van der Waals surface area (Å²) in [6, 6.07) is 16.7. The lowest BCUT2D eigenvalue weighted by molar-refractivity contribution is -0.131. The van der Waals surface area contributed by atoms with E-state index >= 15 is 4.39 Å². The maximum Gasteiger partial charge on any atom is 0.318 e. The van der Waals surface area contributed by atoms with E-state index in [0.717, 1.165) is 16.8 Å². The van der Waals surface area contributed by atoms with Crippen LogP contribution in [0.15, 0.2) is 72.8 Å². The summed E-state index contributed by atoms with van der Waals surface area (Å²) < 4.78 is 36.6. The van der Waals surface area contributed by atoms with Crippen molar-refractivity contribution in [3.63, 3.8) is 0 Å². The van der Waals surface area contributed by atoms with Gasteiger partial charge in [-0.2, -0.15) is 15.2 Å². The minimum Gasteiger partial charge on any atom is -0.508 e. The van der Waals surface area contributed by atoms with Crippen LogP contribution in [0.2, 0.25) is 0 Å². The molecule has 3 aromatic carbocycles. The molecule has 5 aromatic rings. The highest BCUT2D eigenvalue weighted by atomic mass is 19.1. The van der Waals surface area contributed by atoms with Crippen molar-refractivity contribution in [2.75, 3.05) is 51.8 Å². The van der Waals surface area contributed by atoms with Crippen molar-refractivity contribution >= 4 is 39.5 Å². The third kappa shape index (κ3) is 7.30. The van der Waals surface area contributed by atoms with Crippen molar-refractivity contribution in [2.24, 2.45) is 0 Å². The SMILES string of the molecule is CN1CCCC1.COc1nc(N2CCN(C(=O)/C(F)=C/c3ncccn3)C(CC#N)C2)c2ccc(-c3cc(O)cc4ccccc34)c(F)c2n1. The number of hydrogen-bond acceptors (Lipinski definition) is 10. The predicted octanol–water partition coefficient (Wildman–Crippen LogP) is 5.75. The molecular formula is C37H36F2N8O3. The Morgan fingerprint density at radius 1 is 1.02 bits per heavy atom. The number of nitrogens with zero attached hydrogens (tertiary/aromatic N) is 8. The van der Waals surface area contributed by atoms with Gasteiger partial charge in [-0.1, -0.05) is 30.3 Å². The van der Waals surface area contributed by atoms with Crippen LogP contribution in [0, 0.1) is 17.1 Å². The number of hydrogen-bond donors (Lipinski definition) is 1. The molecule has 7 rings (SSSR count). The maximum atomic E-state index is 16.3. The fraction of sp³-hybridized carbons (Fsp3) is 0.297. The zero-order valence-corrected chi connectivity index (χ0v) is 27.8. The molecule has 0 saturated carbocycles. The van der Waals surface area contributed by atoms with Gasteiger partial charge in [-0.15, -0.1) is 0 Å². The Labute approximate surface area is 288 Å². The van der Waals surface area contributed by atoms with Crippen LogP contribution in [0.3, 0.4) is 0 Å². The molecule has 4 heterocycles. The van der Waals surface area contributed by atoms with E-state index in [1.807, 2.05) is 29.2 Å². The number of rotatable bonds is 6. The summed E-state index contributed by atoms with van der Waals surface area (Å²) in [6.45, 7) is 3.06. The summed E-state index contributed by atoms with van der Waals surface area (Å²) >= 11 is 0. The van der Waals surface area contributed by atoms with Gasteiger partial charge in [0.25, 0.3) is 5.91 Å². The fourth-order valence-electron chi connectivity index (χ4n) is 6.35. The molecule has 1 unspecified atom stereocenters. The number of fused-ring (bicyclic) bond motifs is 2. The molecule has 11 nitrogen and oxygen atoms in total. The summed E-state index contributed by atoms with van der Waals surface area (Å²) in [5, 5.41) is 21.8. The van der Waals surface area contributed by atoms with E-state index in [2.05, 4.69) is 38.0 Å². The first-order valence-electron chi connectivity index (χ1n) is 16.3. The zero-order chi connectivity index (χ0) is 35.2. The Morgan fingerprint density at radius 3 is 2.48 bits per heavy atom. The highest BCUT2D eigenvalue weighted by Crippen LogP contribution is 2.38. The Hall–Kier alpha value is -5.74. The van der Waals surface area contributed by atoms with E-state index in [9.17, 15) is 19.6 Å². The van der Waals surface area contributed by atoms with E-state index in [0.29, 0.717) is 16.8 Å². The number of anilines is 1. The second-order valence-electron chi connectivity index (χ2n) is 12.1. The number of methoxy groups -OCH3 is 1. The maximum absolute atomic E-state index is 16.3. The monoisotopic (exact) mass is 678 g/mol. The van der Waals surface area contributed by atoms with E-state index in [1.165, 1.54) is 56.4 Å². The number of likely N-dealkylation sites (tertiary alicyclic amines) is 1. The fourth-order valence-corrected chi connectivity index (χ4v) is 6.35. The van der Waals surface area contributed by atoms with Crippen LogP contribution in [0.25, 0.3) is 38.9 Å². The third-order valence-electron chi connectivity index (χ3n) is 8.83. The van der Waals surface area contributed by atoms with Gasteiger partial charge in [0.1, 0.15) is 17.1 Å². The van der Waals surface area contributed by atoms with Crippen molar-refractivity contribution in [1.82, 2.24) is 29.7 Å². The molecule has 2 aromatic heterocycles. The molecule has 2 saturated heterocycles. The van der Waals surface area contributed by atoms with Crippen LogP contribution in [0.5, 0.6) is 11.8 Å². The largest absolute Gasteiger partial charge is 0.508 e. The highest BCUT2D eigenvalue weighted by molar-refractivity contribution is 6.01. The van der Waals surface area contributed by atoms with Gasteiger partial charge >= 0.3 is 6.01 Å². The summed E-state index contributed by atoms with van der Waals surface area (Å²) in [4.78, 5) is 35.2. The quantitative estimate of drug-likeness (QED) is 0.222. The molecule has 1 amide bonds. The molecule has 1 N–H and O–H groups in total. The van der Waals surface area contributed by atoms with Crippen molar-refractivity contribution in [1.29, 1.82) is 5.26 Å². The van der Waals surface area contributed by atoms with Crippen molar-refractivity contribution in [3.8, 4) is 29.0 Å². The van der Waals surface area contributed by atoms with Crippen LogP contribution >= 0.6 is 0 Å². The molecular weight excluding hydrogens is 642 g/mol. The molecule has 13 heteroatoms. The topological polar surface area (TPSA) is 132 Å². The van der Waals surface area contributed by atoms with Crippen LogP contribution in [-0.2, 0) is 4.79 Å². The second kappa shape index (κ2) is 15.2. The van der Waals surface area contributed by atoms with E-state index < -0.39 is 23.6 Å². The molecule has 2 aliphatic heterocycles. The number of aromatic nitrogens is 4. The summed E-state index contributed by atoms with van der Waals surface area (Å²) in [5.41, 5.74) is 0.735. The number of ether oxygens (including phenoxy) is 1. The number of amides is 1. The van der Waals surface area contributed by atoms with Gasteiger partial charge in [0.05, 0.1) is 25.6 Å². The zero-order valence-electron chi connectivity index (χ0n) is 27.8. The van der Waals surface area contributed by atoms with Gasteiger partial charge in [0.15, 0.2) is 17.5 Å². The molecule has 0 aliphatic carbocycles. The highest BCUT2D eigenvalue weighted by Gasteiger charge is 2.34. The molecule has 50 heavy (non-hydrogen) atoms. The molecule has 2 aliphatic rings. The minimum absolute atomic E-state index is 0.00215. The number of nitriles is 1. The lowest BCUT2D eigenvalue weighted by atomic mass is 9.96. The number of benzene rings is 3. The van der Waals surface area contributed by atoms with Gasteiger partial charge in [-0.25, -0.2) is 18.7 Å². The molecule has 2 fully saturated rings. The first-order valence-corrected chi connectivity index (χ1v) is 16.3. The number of piperazine rings is 1.